The molecule has 5 rings (SSSR count). The molecule has 1 saturated heterocycles. The van der Waals surface area contributed by atoms with Crippen LogP contribution in [0.25, 0.3) is 5.70 Å². The first-order valence-electron chi connectivity index (χ1n) is 12.8. The third-order valence-corrected chi connectivity index (χ3v) is 6.60. The van der Waals surface area contributed by atoms with Gasteiger partial charge in [-0.2, -0.15) is 13.2 Å². The van der Waals surface area contributed by atoms with E-state index in [1.165, 1.54) is 6.07 Å². The summed E-state index contributed by atoms with van der Waals surface area (Å²) in [5.74, 6) is -0.404. The summed E-state index contributed by atoms with van der Waals surface area (Å²) in [5.41, 5.74) is 8.65. The average molecular weight is 555 g/mol. The molecule has 1 aromatic heterocycles. The van der Waals surface area contributed by atoms with Gasteiger partial charge in [-0.25, -0.2) is 0 Å². The zero-order valence-electron chi connectivity index (χ0n) is 21.8. The van der Waals surface area contributed by atoms with Crippen LogP contribution in [-0.4, -0.2) is 55.2 Å². The van der Waals surface area contributed by atoms with Crippen molar-refractivity contribution in [1.29, 1.82) is 0 Å². The highest BCUT2D eigenvalue weighted by atomic mass is 19.4. The molecule has 9 nitrogen and oxygen atoms in total. The van der Waals surface area contributed by atoms with Crippen LogP contribution in [0.1, 0.15) is 27.0 Å². The zero-order chi connectivity index (χ0) is 28.1. The molecule has 0 radical (unpaired) electrons. The highest BCUT2D eigenvalue weighted by Crippen LogP contribution is 2.35. The van der Waals surface area contributed by atoms with Gasteiger partial charge in [0.2, 0.25) is 0 Å². The van der Waals surface area contributed by atoms with Crippen LogP contribution in [0.4, 0.5) is 24.5 Å². The molecule has 0 aliphatic carbocycles. The summed E-state index contributed by atoms with van der Waals surface area (Å²) in [4.78, 5) is 19.5. The number of carbonyl (C=O) groups is 1. The predicted molar refractivity (Wildman–Crippen MR) is 144 cm³/mol. The molecule has 2 aromatic carbocycles. The average Bonchev–Trinajstić information content (AvgIpc) is 3.45. The Kier molecular flexibility index (Phi) is 8.19. The van der Waals surface area contributed by atoms with Crippen molar-refractivity contribution in [2.24, 2.45) is 0 Å². The second-order valence-electron chi connectivity index (χ2n) is 9.36. The molecule has 0 spiro atoms. The number of hydrazine groups is 2. The van der Waals surface area contributed by atoms with E-state index in [9.17, 15) is 18.0 Å². The van der Waals surface area contributed by atoms with Crippen LogP contribution in [0.5, 0.6) is 5.75 Å². The Morgan fingerprint density at radius 1 is 1.15 bits per heavy atom. The van der Waals surface area contributed by atoms with Crippen LogP contribution in [0.15, 0.2) is 67.1 Å². The van der Waals surface area contributed by atoms with Gasteiger partial charge in [0, 0.05) is 49.4 Å². The summed E-state index contributed by atoms with van der Waals surface area (Å²) >= 11 is 0. The quantitative estimate of drug-likeness (QED) is 0.382. The zero-order valence-corrected chi connectivity index (χ0v) is 21.8. The molecule has 3 heterocycles. The third kappa shape index (κ3) is 6.53. The number of hydrogen-bond donors (Lipinski definition) is 3. The van der Waals surface area contributed by atoms with Gasteiger partial charge in [0.1, 0.15) is 12.4 Å². The van der Waals surface area contributed by atoms with E-state index in [1.807, 2.05) is 25.3 Å². The van der Waals surface area contributed by atoms with Crippen molar-refractivity contribution in [2.45, 2.75) is 13.1 Å². The first-order chi connectivity index (χ1) is 19.3. The molecule has 0 bridgehead atoms. The highest BCUT2D eigenvalue weighted by Gasteiger charge is 2.31. The largest absolute Gasteiger partial charge is 0.490 e. The second kappa shape index (κ2) is 11.9. The molecule has 0 unspecified atom stereocenters. The lowest BCUT2D eigenvalue weighted by atomic mass is 10.1. The molecule has 1 fully saturated rings. The Balaban J connectivity index is 1.34. The summed E-state index contributed by atoms with van der Waals surface area (Å²) in [7, 11) is 0. The summed E-state index contributed by atoms with van der Waals surface area (Å²) in [6.45, 7) is 5.51. The number of hydrogen-bond acceptors (Lipinski definition) is 8. The third-order valence-electron chi connectivity index (χ3n) is 6.60. The topological polar surface area (TPSA) is 91.0 Å². The number of amides is 1. The summed E-state index contributed by atoms with van der Waals surface area (Å²) < 4.78 is 51.6. The molecule has 1 amide bonds. The van der Waals surface area contributed by atoms with Gasteiger partial charge in [0.25, 0.3) is 5.91 Å². The van der Waals surface area contributed by atoms with Gasteiger partial charge < -0.3 is 20.2 Å². The molecule has 0 saturated carbocycles. The predicted octanol–water partition coefficient (Wildman–Crippen LogP) is 4.20. The maximum absolute atomic E-state index is 13.5. The molecule has 2 aliphatic heterocycles. The lowest BCUT2D eigenvalue weighted by Gasteiger charge is -2.26. The number of aromatic nitrogens is 1. The SMILES string of the molecule is Cc1ccc(C(=O)Nc2cc(C(F)(F)F)ccc2OCCN2CCOCC2)cc1N1C=C(c2cccnc2)NN1. The summed E-state index contributed by atoms with van der Waals surface area (Å²) in [6, 6.07) is 11.9. The molecule has 3 N–H and O–H groups in total. The number of rotatable bonds is 8. The lowest BCUT2D eigenvalue weighted by molar-refractivity contribution is -0.137. The number of carbonyl (C=O) groups excluding carboxylic acids is 1. The maximum Gasteiger partial charge on any atom is 0.416 e. The van der Waals surface area contributed by atoms with E-state index in [1.54, 1.807) is 35.6 Å². The van der Waals surface area contributed by atoms with Crippen molar-refractivity contribution >= 4 is 23.0 Å². The van der Waals surface area contributed by atoms with Crippen LogP contribution in [0.3, 0.4) is 0 Å². The van der Waals surface area contributed by atoms with Gasteiger partial charge in [-0.05, 0) is 55.0 Å². The van der Waals surface area contributed by atoms with Crippen molar-refractivity contribution in [2.75, 3.05) is 49.8 Å². The Morgan fingerprint density at radius 3 is 2.73 bits per heavy atom. The molecule has 3 aromatic rings. The van der Waals surface area contributed by atoms with Gasteiger partial charge in [0.05, 0.1) is 35.8 Å². The smallest absolute Gasteiger partial charge is 0.416 e. The molecule has 0 atom stereocenters. The molecule has 2 aliphatic rings. The number of anilines is 2. The minimum atomic E-state index is -4.57. The number of morpholine rings is 1. The minimum Gasteiger partial charge on any atom is -0.490 e. The fourth-order valence-electron chi connectivity index (χ4n) is 4.36. The molecule has 12 heteroatoms. The number of nitrogens with one attached hydrogen (secondary N) is 3. The first kappa shape index (κ1) is 27.4. The van der Waals surface area contributed by atoms with Crippen molar-refractivity contribution < 1.29 is 27.4 Å². The fraction of sp³-hybridized carbons (Fsp3) is 0.286. The van der Waals surface area contributed by atoms with E-state index in [4.69, 9.17) is 9.47 Å². The van der Waals surface area contributed by atoms with E-state index in [2.05, 4.69) is 26.2 Å². The van der Waals surface area contributed by atoms with Crippen molar-refractivity contribution in [3.63, 3.8) is 0 Å². The Morgan fingerprint density at radius 2 is 1.98 bits per heavy atom. The number of aryl methyl sites for hydroxylation is 1. The number of halogens is 3. The summed E-state index contributed by atoms with van der Waals surface area (Å²) in [6.07, 6.45) is 0.654. The van der Waals surface area contributed by atoms with Crippen LogP contribution in [0, 0.1) is 6.92 Å². The first-order valence-corrected chi connectivity index (χ1v) is 12.8. The number of ether oxygens (including phenoxy) is 2. The number of pyridine rings is 1. The van der Waals surface area contributed by atoms with E-state index in [0.29, 0.717) is 25.4 Å². The molecular formula is C28H29F3N6O3. The number of benzene rings is 2. The highest BCUT2D eigenvalue weighted by molar-refractivity contribution is 6.05. The van der Waals surface area contributed by atoms with E-state index >= 15 is 0 Å². The standard InChI is InChI=1S/C28H29F3N6O3/c1-19-4-5-20(15-25(19)37-18-24(34-35-37)21-3-2-8-32-17-21)27(38)33-23-16-22(28(29,30)31)6-7-26(23)40-14-11-36-9-12-39-13-10-36/h2-8,15-18,34-35H,9-14H2,1H3,(H,33,38). The summed E-state index contributed by atoms with van der Waals surface area (Å²) in [5, 5.41) is 4.35. The molecule has 40 heavy (non-hydrogen) atoms. The fourth-order valence-corrected chi connectivity index (χ4v) is 4.36. The normalized spacial score (nSPS) is 15.9. The molecular weight excluding hydrogens is 525 g/mol. The van der Waals surface area contributed by atoms with Crippen LogP contribution in [-0.2, 0) is 10.9 Å². The maximum atomic E-state index is 13.5. The van der Waals surface area contributed by atoms with Crippen molar-refractivity contribution in [3.05, 3.63) is 89.4 Å². The van der Waals surface area contributed by atoms with Gasteiger partial charge in [-0.15, -0.1) is 5.53 Å². The van der Waals surface area contributed by atoms with Crippen LogP contribution in [0.2, 0.25) is 0 Å². The van der Waals surface area contributed by atoms with Crippen molar-refractivity contribution in [1.82, 2.24) is 20.8 Å². The number of nitrogens with zero attached hydrogens (tertiary/aromatic N) is 3. The van der Waals surface area contributed by atoms with E-state index in [-0.39, 0.29) is 23.6 Å². The van der Waals surface area contributed by atoms with Gasteiger partial charge in [-0.1, -0.05) is 6.07 Å². The second-order valence-corrected chi connectivity index (χ2v) is 9.36. The van der Waals surface area contributed by atoms with Gasteiger partial charge >= 0.3 is 6.18 Å². The minimum absolute atomic E-state index is 0.0522. The van der Waals surface area contributed by atoms with Crippen molar-refractivity contribution in [3.8, 4) is 5.75 Å². The Bertz CT molecular complexity index is 1380. The van der Waals surface area contributed by atoms with Gasteiger partial charge in [-0.3, -0.25) is 19.7 Å². The van der Waals surface area contributed by atoms with Gasteiger partial charge in [0.15, 0.2) is 0 Å². The monoisotopic (exact) mass is 554 g/mol. The Hall–Kier alpha value is -4.13. The van der Waals surface area contributed by atoms with Crippen LogP contribution >= 0.6 is 0 Å². The van der Waals surface area contributed by atoms with E-state index in [0.717, 1.165) is 42.0 Å². The lowest BCUT2D eigenvalue weighted by Crippen LogP contribution is -2.38. The molecule has 210 valence electrons. The van der Waals surface area contributed by atoms with Crippen LogP contribution < -0.4 is 26.0 Å². The number of alkyl halides is 3. The van der Waals surface area contributed by atoms with E-state index < -0.39 is 17.6 Å². The Labute approximate surface area is 229 Å².